The first-order valence-electron chi connectivity index (χ1n) is 10.3. The molecule has 0 spiro atoms. The van der Waals surface area contributed by atoms with Crippen LogP contribution in [0.2, 0.25) is 0 Å². The van der Waals surface area contributed by atoms with Gasteiger partial charge in [-0.3, -0.25) is 24.6 Å². The molecule has 0 saturated carbocycles. The van der Waals surface area contributed by atoms with Crippen molar-refractivity contribution in [3.05, 3.63) is 50.4 Å². The second kappa shape index (κ2) is 10.4. The number of anilines is 2. The molecule has 3 N–H and O–H groups in total. The average Bonchev–Trinajstić information content (AvgIpc) is 3.10. The molecule has 176 valence electrons. The van der Waals surface area contributed by atoms with Crippen LogP contribution in [-0.4, -0.2) is 66.9 Å². The van der Waals surface area contributed by atoms with Crippen molar-refractivity contribution >= 4 is 45.5 Å². The Morgan fingerprint density at radius 2 is 1.82 bits per heavy atom. The molecule has 1 aromatic heterocycles. The van der Waals surface area contributed by atoms with E-state index in [9.17, 15) is 24.5 Å². The zero-order valence-corrected chi connectivity index (χ0v) is 19.1. The molecule has 0 unspecified atom stereocenters. The highest BCUT2D eigenvalue weighted by Crippen LogP contribution is 2.33. The van der Waals surface area contributed by atoms with Gasteiger partial charge in [0.05, 0.1) is 28.5 Å². The maximum Gasteiger partial charge on any atom is 0.341 e. The largest absolute Gasteiger partial charge is 0.462 e. The molecule has 1 saturated heterocycles. The van der Waals surface area contributed by atoms with Gasteiger partial charge < -0.3 is 20.7 Å². The summed E-state index contributed by atoms with van der Waals surface area (Å²) >= 11 is 0.958. The van der Waals surface area contributed by atoms with Crippen molar-refractivity contribution < 1.29 is 24.0 Å². The van der Waals surface area contributed by atoms with E-state index in [2.05, 4.69) is 10.2 Å². The van der Waals surface area contributed by atoms with E-state index in [-0.39, 0.29) is 40.2 Å². The first kappa shape index (κ1) is 24.1. The van der Waals surface area contributed by atoms with Crippen LogP contribution in [-0.2, 0) is 9.53 Å². The van der Waals surface area contributed by atoms with Gasteiger partial charge >= 0.3 is 5.97 Å². The Morgan fingerprint density at radius 1 is 1.18 bits per heavy atom. The second-order valence-electron chi connectivity index (χ2n) is 7.43. The van der Waals surface area contributed by atoms with E-state index in [1.165, 1.54) is 12.1 Å². The number of nitro benzene ring substituents is 1. The van der Waals surface area contributed by atoms with Gasteiger partial charge in [-0.25, -0.2) is 4.79 Å². The quantitative estimate of drug-likeness (QED) is 0.335. The second-order valence-corrected chi connectivity index (χ2v) is 8.45. The predicted octanol–water partition coefficient (Wildman–Crippen LogP) is 2.00. The molecule has 3 rings (SSSR count). The lowest BCUT2D eigenvalue weighted by Crippen LogP contribution is -2.48. The minimum atomic E-state index is -0.675. The van der Waals surface area contributed by atoms with Crippen molar-refractivity contribution in [1.29, 1.82) is 0 Å². The van der Waals surface area contributed by atoms with Crippen LogP contribution in [0, 0.1) is 17.0 Å². The van der Waals surface area contributed by atoms with E-state index in [1.54, 1.807) is 26.0 Å². The summed E-state index contributed by atoms with van der Waals surface area (Å²) in [6.45, 7) is 6.08. The SMILES string of the molecule is CCOC(=O)c1c(NC(=O)CN2CCN(c3ccc([N+](=O)[O-])cc3)CC2)sc(C(N)=O)c1C. The Morgan fingerprint density at radius 3 is 2.36 bits per heavy atom. The zero-order chi connectivity index (χ0) is 24.1. The fraction of sp³-hybridized carbons (Fsp3) is 0.381. The van der Waals surface area contributed by atoms with Crippen molar-refractivity contribution in [2.24, 2.45) is 5.73 Å². The molecular weight excluding hydrogens is 450 g/mol. The van der Waals surface area contributed by atoms with Gasteiger partial charge in [0.15, 0.2) is 0 Å². The highest BCUT2D eigenvalue weighted by Gasteiger charge is 2.26. The number of benzene rings is 1. The number of hydrogen-bond acceptors (Lipinski definition) is 9. The number of carbonyl (C=O) groups is 3. The van der Waals surface area contributed by atoms with Gasteiger partial charge in [0.1, 0.15) is 5.00 Å². The minimum absolute atomic E-state index is 0.0413. The highest BCUT2D eigenvalue weighted by atomic mass is 32.1. The third kappa shape index (κ3) is 5.65. The number of nitro groups is 1. The van der Waals surface area contributed by atoms with E-state index in [4.69, 9.17) is 10.5 Å². The van der Waals surface area contributed by atoms with Crippen LogP contribution in [0.25, 0.3) is 0 Å². The molecule has 1 fully saturated rings. The molecule has 0 atom stereocenters. The van der Waals surface area contributed by atoms with Gasteiger partial charge in [-0.15, -0.1) is 11.3 Å². The monoisotopic (exact) mass is 475 g/mol. The molecule has 0 aliphatic carbocycles. The van der Waals surface area contributed by atoms with Gasteiger partial charge in [0, 0.05) is 44.0 Å². The third-order valence-electron chi connectivity index (χ3n) is 5.27. The van der Waals surface area contributed by atoms with Crippen LogP contribution >= 0.6 is 11.3 Å². The van der Waals surface area contributed by atoms with Crippen molar-refractivity contribution in [1.82, 2.24) is 4.90 Å². The summed E-state index contributed by atoms with van der Waals surface area (Å²) in [5.41, 5.74) is 6.86. The van der Waals surface area contributed by atoms with Crippen LogP contribution < -0.4 is 16.0 Å². The number of rotatable bonds is 8. The van der Waals surface area contributed by atoms with Crippen molar-refractivity contribution in [2.75, 3.05) is 49.5 Å². The number of nitrogens with one attached hydrogen (secondary N) is 1. The minimum Gasteiger partial charge on any atom is -0.462 e. The molecular formula is C21H25N5O6S. The fourth-order valence-electron chi connectivity index (χ4n) is 3.60. The Balaban J connectivity index is 1.60. The molecule has 33 heavy (non-hydrogen) atoms. The standard InChI is InChI=1S/C21H25N5O6S/c1-3-32-21(29)17-13(2)18(19(22)28)33-20(17)23-16(27)12-24-8-10-25(11-9-24)14-4-6-15(7-5-14)26(30)31/h4-7H,3,8-12H2,1-2H3,(H2,22,28)(H,23,27). The number of non-ortho nitro benzene ring substituents is 1. The van der Waals surface area contributed by atoms with E-state index in [0.29, 0.717) is 31.7 Å². The lowest BCUT2D eigenvalue weighted by atomic mass is 10.1. The average molecular weight is 476 g/mol. The number of hydrogen-bond donors (Lipinski definition) is 2. The molecule has 2 heterocycles. The summed E-state index contributed by atoms with van der Waals surface area (Å²) in [4.78, 5) is 51.3. The smallest absolute Gasteiger partial charge is 0.341 e. The summed E-state index contributed by atoms with van der Waals surface area (Å²) in [5, 5.41) is 13.8. The van der Waals surface area contributed by atoms with Gasteiger partial charge in [-0.1, -0.05) is 0 Å². The third-order valence-corrected chi connectivity index (χ3v) is 6.49. The summed E-state index contributed by atoms with van der Waals surface area (Å²) < 4.78 is 5.06. The number of carbonyl (C=O) groups excluding carboxylic acids is 3. The number of amides is 2. The van der Waals surface area contributed by atoms with E-state index in [0.717, 1.165) is 17.0 Å². The molecule has 2 aromatic rings. The van der Waals surface area contributed by atoms with Gasteiger partial charge in [-0.05, 0) is 31.5 Å². The van der Waals surface area contributed by atoms with Crippen LogP contribution in [0.1, 0.15) is 32.5 Å². The topological polar surface area (TPSA) is 148 Å². The Bertz CT molecular complexity index is 1060. The zero-order valence-electron chi connectivity index (χ0n) is 18.3. The Labute approximate surface area is 194 Å². The van der Waals surface area contributed by atoms with Crippen molar-refractivity contribution in [3.63, 3.8) is 0 Å². The van der Waals surface area contributed by atoms with E-state index < -0.39 is 16.8 Å². The molecule has 11 nitrogen and oxygen atoms in total. The molecule has 12 heteroatoms. The molecule has 0 bridgehead atoms. The summed E-state index contributed by atoms with van der Waals surface area (Å²) in [7, 11) is 0. The molecule has 0 radical (unpaired) electrons. The lowest BCUT2D eigenvalue weighted by Gasteiger charge is -2.35. The number of primary amides is 1. The van der Waals surface area contributed by atoms with Gasteiger partial charge in [0.2, 0.25) is 5.91 Å². The normalized spacial score (nSPS) is 14.1. The van der Waals surface area contributed by atoms with E-state index >= 15 is 0 Å². The molecule has 2 amide bonds. The van der Waals surface area contributed by atoms with E-state index in [1.807, 2.05) is 4.90 Å². The molecule has 1 aliphatic heterocycles. The van der Waals surface area contributed by atoms with Gasteiger partial charge in [-0.2, -0.15) is 0 Å². The number of nitrogens with two attached hydrogens (primary N) is 1. The van der Waals surface area contributed by atoms with Gasteiger partial charge in [0.25, 0.3) is 11.6 Å². The number of nitrogens with zero attached hydrogens (tertiary/aromatic N) is 3. The van der Waals surface area contributed by atoms with Crippen LogP contribution in [0.4, 0.5) is 16.4 Å². The van der Waals surface area contributed by atoms with Crippen molar-refractivity contribution in [3.8, 4) is 0 Å². The molecule has 1 aliphatic rings. The Hall–Kier alpha value is -3.51. The first-order valence-corrected chi connectivity index (χ1v) is 11.1. The number of thiophene rings is 1. The van der Waals surface area contributed by atoms with Crippen LogP contribution in [0.15, 0.2) is 24.3 Å². The van der Waals surface area contributed by atoms with Crippen LogP contribution in [0.5, 0.6) is 0 Å². The predicted molar refractivity (Wildman–Crippen MR) is 124 cm³/mol. The molecule has 1 aromatic carbocycles. The number of esters is 1. The van der Waals surface area contributed by atoms with Crippen LogP contribution in [0.3, 0.4) is 0 Å². The highest BCUT2D eigenvalue weighted by molar-refractivity contribution is 7.18. The lowest BCUT2D eigenvalue weighted by molar-refractivity contribution is -0.384. The summed E-state index contributed by atoms with van der Waals surface area (Å²) in [6.07, 6.45) is 0. The number of ether oxygens (including phenoxy) is 1. The maximum atomic E-state index is 12.7. The maximum absolute atomic E-state index is 12.7. The summed E-state index contributed by atoms with van der Waals surface area (Å²) in [5.74, 6) is -1.61. The Kier molecular flexibility index (Phi) is 7.61. The fourth-order valence-corrected chi connectivity index (χ4v) is 4.67. The first-order chi connectivity index (χ1) is 15.7. The van der Waals surface area contributed by atoms with Crippen molar-refractivity contribution in [2.45, 2.75) is 13.8 Å². The summed E-state index contributed by atoms with van der Waals surface area (Å²) in [6, 6.07) is 6.37. The number of piperazine rings is 1.